The molecule has 0 aromatic heterocycles. The van der Waals surface area contributed by atoms with E-state index in [4.69, 9.17) is 9.47 Å². The highest BCUT2D eigenvalue weighted by Crippen LogP contribution is 1.89. The quantitative estimate of drug-likeness (QED) is 0.547. The molecule has 0 radical (unpaired) electrons. The van der Waals surface area contributed by atoms with Crippen LogP contribution in [-0.4, -0.2) is 50.8 Å². The Balaban J connectivity index is 3.62. The molecular formula is C9H19NO3. The Morgan fingerprint density at radius 2 is 2.08 bits per heavy atom. The van der Waals surface area contributed by atoms with Crippen LogP contribution in [-0.2, 0) is 14.3 Å². The van der Waals surface area contributed by atoms with Gasteiger partial charge in [0, 0.05) is 13.7 Å². The minimum atomic E-state index is -0.166. The minimum Gasteiger partial charge on any atom is -0.465 e. The second-order valence-electron chi connectivity index (χ2n) is 2.67. The third-order valence-corrected chi connectivity index (χ3v) is 1.72. The van der Waals surface area contributed by atoms with Crippen LogP contribution < -0.4 is 0 Å². The van der Waals surface area contributed by atoms with Gasteiger partial charge >= 0.3 is 5.97 Å². The number of hydrogen-bond donors (Lipinski definition) is 0. The molecule has 0 N–H and O–H groups in total. The van der Waals surface area contributed by atoms with Crippen LogP contribution in [0.15, 0.2) is 0 Å². The topological polar surface area (TPSA) is 38.8 Å². The first-order chi connectivity index (χ1) is 6.24. The second-order valence-corrected chi connectivity index (χ2v) is 2.67. The number of methoxy groups -OCH3 is 1. The Bertz CT molecular complexity index is 139. The summed E-state index contributed by atoms with van der Waals surface area (Å²) in [5, 5.41) is 0. The number of ether oxygens (including phenoxy) is 2. The first kappa shape index (κ1) is 12.4. The normalized spacial score (nSPS) is 10.5. The van der Waals surface area contributed by atoms with Crippen LogP contribution in [0.3, 0.4) is 0 Å². The SMILES string of the molecule is CCOC(=O)CN(CC)CCOC. The van der Waals surface area contributed by atoms with E-state index in [9.17, 15) is 4.79 Å². The van der Waals surface area contributed by atoms with Gasteiger partial charge in [-0.1, -0.05) is 6.92 Å². The molecule has 4 heteroatoms. The summed E-state index contributed by atoms with van der Waals surface area (Å²) >= 11 is 0. The molecule has 0 saturated heterocycles. The standard InChI is InChI=1S/C9H19NO3/c1-4-10(6-7-12-3)8-9(11)13-5-2/h4-8H2,1-3H3. The first-order valence-corrected chi connectivity index (χ1v) is 4.61. The van der Waals surface area contributed by atoms with Crippen molar-refractivity contribution < 1.29 is 14.3 Å². The van der Waals surface area contributed by atoms with Crippen molar-refractivity contribution >= 4 is 5.97 Å². The fourth-order valence-electron chi connectivity index (χ4n) is 0.959. The minimum absolute atomic E-state index is 0.166. The van der Waals surface area contributed by atoms with Gasteiger partial charge in [-0.3, -0.25) is 9.69 Å². The van der Waals surface area contributed by atoms with E-state index in [0.717, 1.165) is 13.1 Å². The smallest absolute Gasteiger partial charge is 0.320 e. The Morgan fingerprint density at radius 3 is 2.54 bits per heavy atom. The summed E-state index contributed by atoms with van der Waals surface area (Å²) in [6, 6.07) is 0. The predicted molar refractivity (Wildman–Crippen MR) is 50.6 cm³/mol. The summed E-state index contributed by atoms with van der Waals surface area (Å²) < 4.78 is 9.75. The molecule has 0 rings (SSSR count). The van der Waals surface area contributed by atoms with Crippen LogP contribution in [0, 0.1) is 0 Å². The van der Waals surface area contributed by atoms with Crippen molar-refractivity contribution in [2.45, 2.75) is 13.8 Å². The lowest BCUT2D eigenvalue weighted by atomic mass is 10.4. The molecular weight excluding hydrogens is 170 g/mol. The second kappa shape index (κ2) is 8.01. The zero-order valence-corrected chi connectivity index (χ0v) is 8.71. The number of carbonyl (C=O) groups excluding carboxylic acids is 1. The molecule has 78 valence electrons. The number of esters is 1. The van der Waals surface area contributed by atoms with E-state index in [1.54, 1.807) is 7.11 Å². The largest absolute Gasteiger partial charge is 0.465 e. The van der Waals surface area contributed by atoms with E-state index < -0.39 is 0 Å². The molecule has 0 aliphatic rings. The Labute approximate surface area is 79.8 Å². The van der Waals surface area contributed by atoms with E-state index in [1.807, 2.05) is 18.7 Å². The molecule has 0 aromatic rings. The maximum atomic E-state index is 11.1. The lowest BCUT2D eigenvalue weighted by Crippen LogP contribution is -2.33. The van der Waals surface area contributed by atoms with Gasteiger partial charge in [-0.05, 0) is 13.5 Å². The zero-order valence-electron chi connectivity index (χ0n) is 8.71. The van der Waals surface area contributed by atoms with Crippen molar-refractivity contribution in [3.63, 3.8) is 0 Å². The van der Waals surface area contributed by atoms with Gasteiger partial charge in [-0.15, -0.1) is 0 Å². The summed E-state index contributed by atoms with van der Waals surface area (Å²) in [6.07, 6.45) is 0. The van der Waals surface area contributed by atoms with E-state index in [1.165, 1.54) is 0 Å². The van der Waals surface area contributed by atoms with Crippen LogP contribution in [0.4, 0.5) is 0 Å². The van der Waals surface area contributed by atoms with Gasteiger partial charge in [-0.2, -0.15) is 0 Å². The molecule has 0 heterocycles. The summed E-state index contributed by atoms with van der Waals surface area (Å²) in [6.45, 7) is 6.87. The highest BCUT2D eigenvalue weighted by molar-refractivity contribution is 5.71. The maximum absolute atomic E-state index is 11.1. The molecule has 0 saturated carbocycles. The van der Waals surface area contributed by atoms with Gasteiger partial charge in [0.05, 0.1) is 19.8 Å². The molecule has 0 aromatic carbocycles. The average Bonchev–Trinajstić information content (AvgIpc) is 2.12. The third-order valence-electron chi connectivity index (χ3n) is 1.72. The third kappa shape index (κ3) is 6.54. The molecule has 0 unspecified atom stereocenters. The van der Waals surface area contributed by atoms with Gasteiger partial charge < -0.3 is 9.47 Å². The van der Waals surface area contributed by atoms with Crippen molar-refractivity contribution in [2.75, 3.05) is 40.0 Å². The van der Waals surface area contributed by atoms with Gasteiger partial charge in [-0.25, -0.2) is 0 Å². The molecule has 0 amide bonds. The lowest BCUT2D eigenvalue weighted by Gasteiger charge is -2.18. The van der Waals surface area contributed by atoms with Crippen molar-refractivity contribution in [3.05, 3.63) is 0 Å². The van der Waals surface area contributed by atoms with Gasteiger partial charge in [0.2, 0.25) is 0 Å². The average molecular weight is 189 g/mol. The fourth-order valence-corrected chi connectivity index (χ4v) is 0.959. The molecule has 0 aliphatic carbocycles. The highest BCUT2D eigenvalue weighted by atomic mass is 16.5. The summed E-state index contributed by atoms with van der Waals surface area (Å²) in [5.41, 5.74) is 0. The van der Waals surface area contributed by atoms with Crippen LogP contribution >= 0.6 is 0 Å². The monoisotopic (exact) mass is 189 g/mol. The van der Waals surface area contributed by atoms with E-state index in [2.05, 4.69) is 0 Å². The Kier molecular flexibility index (Phi) is 7.63. The van der Waals surface area contributed by atoms with Gasteiger partial charge in [0.25, 0.3) is 0 Å². The van der Waals surface area contributed by atoms with Crippen molar-refractivity contribution in [1.29, 1.82) is 0 Å². The summed E-state index contributed by atoms with van der Waals surface area (Å²) in [4.78, 5) is 13.1. The number of hydrogen-bond acceptors (Lipinski definition) is 4. The van der Waals surface area contributed by atoms with Crippen molar-refractivity contribution in [1.82, 2.24) is 4.90 Å². The van der Waals surface area contributed by atoms with Gasteiger partial charge in [0.15, 0.2) is 0 Å². The predicted octanol–water partition coefficient (Wildman–Crippen LogP) is 0.518. The van der Waals surface area contributed by atoms with Crippen LogP contribution in [0.2, 0.25) is 0 Å². The highest BCUT2D eigenvalue weighted by Gasteiger charge is 2.08. The first-order valence-electron chi connectivity index (χ1n) is 4.61. The number of likely N-dealkylation sites (N-methyl/N-ethyl adjacent to an activating group) is 1. The molecule has 13 heavy (non-hydrogen) atoms. The number of rotatable bonds is 7. The van der Waals surface area contributed by atoms with Crippen molar-refractivity contribution in [3.8, 4) is 0 Å². The van der Waals surface area contributed by atoms with E-state index in [0.29, 0.717) is 19.8 Å². The maximum Gasteiger partial charge on any atom is 0.320 e. The van der Waals surface area contributed by atoms with Crippen LogP contribution in [0.25, 0.3) is 0 Å². The zero-order chi connectivity index (χ0) is 10.1. The van der Waals surface area contributed by atoms with E-state index in [-0.39, 0.29) is 5.97 Å². The number of nitrogens with zero attached hydrogens (tertiary/aromatic N) is 1. The summed E-state index contributed by atoms with van der Waals surface area (Å²) in [7, 11) is 1.65. The number of carbonyl (C=O) groups is 1. The molecule has 4 nitrogen and oxygen atoms in total. The Hall–Kier alpha value is -0.610. The molecule has 0 atom stereocenters. The molecule has 0 bridgehead atoms. The van der Waals surface area contributed by atoms with E-state index >= 15 is 0 Å². The van der Waals surface area contributed by atoms with Crippen LogP contribution in [0.5, 0.6) is 0 Å². The molecule has 0 aliphatic heterocycles. The molecule has 0 fully saturated rings. The van der Waals surface area contributed by atoms with Crippen molar-refractivity contribution in [2.24, 2.45) is 0 Å². The summed E-state index contributed by atoms with van der Waals surface area (Å²) in [5.74, 6) is -0.166. The lowest BCUT2D eigenvalue weighted by molar-refractivity contribution is -0.144. The fraction of sp³-hybridized carbons (Fsp3) is 0.889. The van der Waals surface area contributed by atoms with Gasteiger partial charge in [0.1, 0.15) is 0 Å². The molecule has 0 spiro atoms. The van der Waals surface area contributed by atoms with Crippen LogP contribution in [0.1, 0.15) is 13.8 Å². The Morgan fingerprint density at radius 1 is 1.38 bits per heavy atom.